The van der Waals surface area contributed by atoms with Crippen LogP contribution in [0.1, 0.15) is 17.5 Å². The number of amides is 1. The van der Waals surface area contributed by atoms with Gasteiger partial charge < -0.3 is 4.90 Å². The number of hydrogen-bond acceptors (Lipinski definition) is 5. The first-order chi connectivity index (χ1) is 15.8. The Labute approximate surface area is 191 Å². The lowest BCUT2D eigenvalue weighted by molar-refractivity contribution is -0.116. The van der Waals surface area contributed by atoms with Crippen molar-refractivity contribution in [3.63, 3.8) is 0 Å². The molecule has 6 nitrogen and oxygen atoms in total. The van der Waals surface area contributed by atoms with E-state index in [2.05, 4.69) is 37.9 Å². The van der Waals surface area contributed by atoms with Crippen molar-refractivity contribution in [1.29, 1.82) is 0 Å². The summed E-state index contributed by atoms with van der Waals surface area (Å²) in [5.41, 5.74) is 4.32. The molecule has 0 bridgehead atoms. The van der Waals surface area contributed by atoms with E-state index in [0.29, 0.717) is 12.3 Å². The first kappa shape index (κ1) is 20.5. The summed E-state index contributed by atoms with van der Waals surface area (Å²) < 4.78 is 2.06. The molecule has 2 aromatic heterocycles. The van der Waals surface area contributed by atoms with Crippen LogP contribution in [0, 0.1) is 0 Å². The first-order valence-corrected chi connectivity index (χ1v) is 11.7. The summed E-state index contributed by atoms with van der Waals surface area (Å²) in [5, 5.41) is 9.59. The van der Waals surface area contributed by atoms with Gasteiger partial charge in [0.15, 0.2) is 11.0 Å². The molecule has 0 fully saturated rings. The normalized spacial score (nSPS) is 13.1. The SMILES string of the molecule is O=C(CSc1nnc(-c2cccnc2)n1Cc1ccccc1)N1CCCc2ccccc21. The molecule has 160 valence electrons. The molecule has 1 aliphatic heterocycles. The number of nitrogens with zero attached hydrogens (tertiary/aromatic N) is 5. The maximum absolute atomic E-state index is 13.1. The number of hydrogen-bond donors (Lipinski definition) is 0. The zero-order valence-electron chi connectivity index (χ0n) is 17.6. The predicted octanol–water partition coefficient (Wildman–Crippen LogP) is 4.46. The Morgan fingerprint density at radius 1 is 0.969 bits per heavy atom. The highest BCUT2D eigenvalue weighted by Gasteiger charge is 2.23. The van der Waals surface area contributed by atoms with Crippen LogP contribution in [0.5, 0.6) is 0 Å². The van der Waals surface area contributed by atoms with Gasteiger partial charge in [0.2, 0.25) is 5.91 Å². The molecule has 0 unspecified atom stereocenters. The number of fused-ring (bicyclic) bond motifs is 1. The van der Waals surface area contributed by atoms with Gasteiger partial charge in [0.05, 0.1) is 12.3 Å². The summed E-state index contributed by atoms with van der Waals surface area (Å²) in [4.78, 5) is 19.3. The summed E-state index contributed by atoms with van der Waals surface area (Å²) in [7, 11) is 0. The highest BCUT2D eigenvalue weighted by Crippen LogP contribution is 2.29. The smallest absolute Gasteiger partial charge is 0.237 e. The third kappa shape index (κ3) is 4.29. The lowest BCUT2D eigenvalue weighted by atomic mass is 10.0. The van der Waals surface area contributed by atoms with Crippen molar-refractivity contribution >= 4 is 23.4 Å². The standard InChI is InChI=1S/C25H23N5OS/c31-23(29-15-7-12-20-10-4-5-13-22(20)29)18-32-25-28-27-24(21-11-6-14-26-16-21)30(25)17-19-8-2-1-3-9-19/h1-6,8-11,13-14,16H,7,12,15,17-18H2. The van der Waals surface area contributed by atoms with Gasteiger partial charge >= 0.3 is 0 Å². The van der Waals surface area contributed by atoms with Crippen LogP contribution < -0.4 is 4.90 Å². The summed E-state index contributed by atoms with van der Waals surface area (Å²) >= 11 is 1.44. The fourth-order valence-electron chi connectivity index (χ4n) is 4.01. The third-order valence-electron chi connectivity index (χ3n) is 5.56. The van der Waals surface area contributed by atoms with Crippen LogP contribution in [0.15, 0.2) is 84.3 Å². The number of benzene rings is 2. The molecule has 0 atom stereocenters. The minimum Gasteiger partial charge on any atom is -0.311 e. The fourth-order valence-corrected chi connectivity index (χ4v) is 4.82. The number of aromatic nitrogens is 4. The molecule has 1 aliphatic rings. The van der Waals surface area contributed by atoms with Crippen molar-refractivity contribution in [2.75, 3.05) is 17.2 Å². The van der Waals surface area contributed by atoms with Gasteiger partial charge in [-0.3, -0.25) is 14.3 Å². The van der Waals surface area contributed by atoms with Crippen molar-refractivity contribution < 1.29 is 4.79 Å². The topological polar surface area (TPSA) is 63.9 Å². The highest BCUT2D eigenvalue weighted by atomic mass is 32.2. The van der Waals surface area contributed by atoms with Crippen LogP contribution in [-0.4, -0.2) is 38.0 Å². The number of rotatable bonds is 6. The molecule has 7 heteroatoms. The number of para-hydroxylation sites is 1. The second-order valence-electron chi connectivity index (χ2n) is 7.69. The highest BCUT2D eigenvalue weighted by molar-refractivity contribution is 7.99. The summed E-state index contributed by atoms with van der Waals surface area (Å²) in [6, 6.07) is 22.2. The molecule has 1 amide bonds. The van der Waals surface area contributed by atoms with Gasteiger partial charge in [0, 0.05) is 30.2 Å². The Hall–Kier alpha value is -3.45. The van der Waals surface area contributed by atoms with Crippen LogP contribution >= 0.6 is 11.8 Å². The van der Waals surface area contributed by atoms with Gasteiger partial charge in [0.1, 0.15) is 0 Å². The van der Waals surface area contributed by atoms with Gasteiger partial charge in [0.25, 0.3) is 0 Å². The van der Waals surface area contributed by atoms with E-state index in [1.54, 1.807) is 12.4 Å². The number of aryl methyl sites for hydroxylation is 1. The molecule has 0 N–H and O–H groups in total. The van der Waals surface area contributed by atoms with Gasteiger partial charge in [-0.15, -0.1) is 10.2 Å². The van der Waals surface area contributed by atoms with E-state index in [1.165, 1.54) is 17.3 Å². The van der Waals surface area contributed by atoms with Crippen LogP contribution in [0.25, 0.3) is 11.4 Å². The second-order valence-corrected chi connectivity index (χ2v) is 8.63. The Morgan fingerprint density at radius 2 is 1.81 bits per heavy atom. The number of thioether (sulfide) groups is 1. The lowest BCUT2D eigenvalue weighted by Gasteiger charge is -2.29. The Morgan fingerprint density at radius 3 is 2.66 bits per heavy atom. The number of anilines is 1. The average Bonchev–Trinajstić information content (AvgIpc) is 3.25. The van der Waals surface area contributed by atoms with Crippen LogP contribution in [0.3, 0.4) is 0 Å². The number of pyridine rings is 1. The zero-order chi connectivity index (χ0) is 21.8. The van der Waals surface area contributed by atoms with Crippen molar-refractivity contribution in [2.24, 2.45) is 0 Å². The summed E-state index contributed by atoms with van der Waals surface area (Å²) in [6.45, 7) is 1.38. The van der Waals surface area contributed by atoms with Crippen LogP contribution in [0.4, 0.5) is 5.69 Å². The second kappa shape index (κ2) is 9.36. The Kier molecular flexibility index (Phi) is 5.98. The van der Waals surface area contributed by atoms with Gasteiger partial charge in [-0.2, -0.15) is 0 Å². The van der Waals surface area contributed by atoms with E-state index in [0.717, 1.165) is 47.2 Å². The van der Waals surface area contributed by atoms with Crippen molar-refractivity contribution in [3.05, 3.63) is 90.3 Å². The van der Waals surface area contributed by atoms with Gasteiger partial charge in [-0.25, -0.2) is 0 Å². The molecule has 5 rings (SSSR count). The lowest BCUT2D eigenvalue weighted by Crippen LogP contribution is -2.36. The molecule has 0 saturated heterocycles. The molecule has 0 radical (unpaired) electrons. The summed E-state index contributed by atoms with van der Waals surface area (Å²) in [6.07, 6.45) is 5.54. The molecule has 3 heterocycles. The largest absolute Gasteiger partial charge is 0.311 e. The van der Waals surface area contributed by atoms with Crippen molar-refractivity contribution in [1.82, 2.24) is 19.7 Å². The molecular weight excluding hydrogens is 418 g/mol. The predicted molar refractivity (Wildman–Crippen MR) is 127 cm³/mol. The molecule has 2 aromatic carbocycles. The molecule has 4 aromatic rings. The maximum Gasteiger partial charge on any atom is 0.237 e. The monoisotopic (exact) mass is 441 g/mol. The van der Waals surface area contributed by atoms with Gasteiger partial charge in [-0.05, 0) is 42.2 Å². The summed E-state index contributed by atoms with van der Waals surface area (Å²) in [5.74, 6) is 1.16. The molecule has 32 heavy (non-hydrogen) atoms. The van der Waals surface area contributed by atoms with E-state index in [4.69, 9.17) is 0 Å². The number of carbonyl (C=O) groups excluding carboxylic acids is 1. The zero-order valence-corrected chi connectivity index (χ0v) is 18.4. The quantitative estimate of drug-likeness (QED) is 0.414. The van der Waals surface area contributed by atoms with Crippen LogP contribution in [0.2, 0.25) is 0 Å². The average molecular weight is 442 g/mol. The number of carbonyl (C=O) groups is 1. The molecular formula is C25H23N5OS. The minimum atomic E-state index is 0.0966. The van der Waals surface area contributed by atoms with E-state index in [9.17, 15) is 4.79 Å². The van der Waals surface area contributed by atoms with Crippen LogP contribution in [-0.2, 0) is 17.8 Å². The molecule has 0 saturated carbocycles. The molecule has 0 spiro atoms. The Balaban J connectivity index is 1.39. The van der Waals surface area contributed by atoms with Gasteiger partial charge in [-0.1, -0.05) is 60.3 Å². The van der Waals surface area contributed by atoms with Crippen molar-refractivity contribution in [3.8, 4) is 11.4 Å². The maximum atomic E-state index is 13.1. The van der Waals surface area contributed by atoms with E-state index in [1.807, 2.05) is 53.4 Å². The fraction of sp³-hybridized carbons (Fsp3) is 0.200. The van der Waals surface area contributed by atoms with E-state index < -0.39 is 0 Å². The third-order valence-corrected chi connectivity index (χ3v) is 6.51. The molecule has 0 aliphatic carbocycles. The van der Waals surface area contributed by atoms with Crippen molar-refractivity contribution in [2.45, 2.75) is 24.5 Å². The van der Waals surface area contributed by atoms with E-state index in [-0.39, 0.29) is 5.91 Å². The first-order valence-electron chi connectivity index (χ1n) is 10.7. The van der Waals surface area contributed by atoms with E-state index >= 15 is 0 Å². The minimum absolute atomic E-state index is 0.0966. The Bertz CT molecular complexity index is 1210.